The molecule has 0 unspecified atom stereocenters. The molecule has 0 N–H and O–H groups in total. The number of unbranched alkanes of at least 4 members (excludes halogenated alkanes) is 2. The Bertz CT molecular complexity index is 311. The second-order valence-corrected chi connectivity index (χ2v) is 10.7. The monoisotopic (exact) mass is 616 g/mol. The van der Waals surface area contributed by atoms with Gasteiger partial charge in [-0.25, -0.2) is 74.3 Å². The van der Waals surface area contributed by atoms with Crippen LogP contribution in [0, 0.1) is 27.7 Å². The zero-order valence-electron chi connectivity index (χ0n) is 16.2. The number of allylic oxidation sites excluding steroid dienone is 8. The summed E-state index contributed by atoms with van der Waals surface area (Å²) in [4.78, 5) is 0. The standard InChI is InChI=1S/2C10H16.4ClH.2Ru/c2*1-9(2)7-5-6-8-10(3)4;;;;;;/h2*7-8H,1,3,5-6H2,2,4H3;4*1H;;/q2*-2;;;;;2*+4/p-4/b2*9-7+,10-8?;;;;;;. The molecule has 0 nitrogen and oxygen atoms in total. The molecule has 0 heterocycles. The predicted molar refractivity (Wildman–Crippen MR) is 118 cm³/mol. The predicted octanol–water partition coefficient (Wildman–Crippen LogP) is 9.41. The van der Waals surface area contributed by atoms with Crippen LogP contribution in [0.4, 0.5) is 0 Å². The number of hydrogen-bond donors (Lipinski definition) is 0. The van der Waals surface area contributed by atoms with Crippen LogP contribution in [0.3, 0.4) is 0 Å². The summed E-state index contributed by atoms with van der Waals surface area (Å²) in [5, 5.41) is 0. The van der Waals surface area contributed by atoms with Gasteiger partial charge in [-0.05, 0) is 0 Å². The molecule has 0 aliphatic carbocycles. The van der Waals surface area contributed by atoms with Crippen LogP contribution < -0.4 is 0 Å². The van der Waals surface area contributed by atoms with Crippen LogP contribution in [0.2, 0.25) is 0 Å². The molecule has 6 heteroatoms. The third-order valence-electron chi connectivity index (χ3n) is 2.30. The second-order valence-electron chi connectivity index (χ2n) is 5.46. The van der Waals surface area contributed by atoms with Crippen molar-refractivity contribution in [3.05, 3.63) is 74.3 Å². The first-order chi connectivity index (χ1) is 12.1. The van der Waals surface area contributed by atoms with E-state index in [2.05, 4.69) is 52.0 Å². The van der Waals surface area contributed by atoms with Crippen LogP contribution in [0.1, 0.15) is 53.4 Å². The molecular weight excluding hydrogens is 584 g/mol. The van der Waals surface area contributed by atoms with Crippen molar-refractivity contribution in [3.63, 3.8) is 0 Å². The van der Waals surface area contributed by atoms with E-state index >= 15 is 0 Å². The van der Waals surface area contributed by atoms with E-state index in [1.807, 2.05) is 27.7 Å². The normalized spacial score (nSPS) is 12.0. The van der Waals surface area contributed by atoms with Crippen molar-refractivity contribution in [2.45, 2.75) is 53.4 Å². The second kappa shape index (κ2) is 30.6. The van der Waals surface area contributed by atoms with Crippen molar-refractivity contribution in [2.24, 2.45) is 0 Å². The van der Waals surface area contributed by atoms with Crippen molar-refractivity contribution < 1.29 is 30.3 Å². The average Bonchev–Trinajstić information content (AvgIpc) is 2.50. The Hall–Kier alpha value is 0.847. The average molecular weight is 616 g/mol. The zero-order valence-corrected chi connectivity index (χ0v) is 22.7. The Morgan fingerprint density at radius 3 is 0.731 bits per heavy atom. The molecule has 0 aromatic heterocycles. The van der Waals surface area contributed by atoms with Gasteiger partial charge in [0, 0.05) is 0 Å². The minimum absolute atomic E-state index is 0.346. The molecule has 0 aromatic carbocycles. The third kappa shape index (κ3) is 64.1. The minimum atomic E-state index is -0.346. The van der Waals surface area contributed by atoms with Gasteiger partial charge >= 0.3 is 69.1 Å². The molecular formula is C20H32Cl4Ru2. The summed E-state index contributed by atoms with van der Waals surface area (Å²) in [6.45, 7) is 23.2. The van der Waals surface area contributed by atoms with Crippen molar-refractivity contribution in [1.82, 2.24) is 0 Å². The third-order valence-corrected chi connectivity index (χ3v) is 2.30. The quantitative estimate of drug-likeness (QED) is 0.159. The molecule has 0 radical (unpaired) electrons. The van der Waals surface area contributed by atoms with Crippen LogP contribution in [-0.4, -0.2) is 0 Å². The summed E-state index contributed by atoms with van der Waals surface area (Å²) in [6.07, 6.45) is 12.9. The Balaban J connectivity index is -0.000000143. The van der Waals surface area contributed by atoms with E-state index in [4.69, 9.17) is 38.8 Å². The molecule has 0 aliphatic rings. The zero-order chi connectivity index (χ0) is 21.4. The summed E-state index contributed by atoms with van der Waals surface area (Å²) in [5.41, 5.74) is 4.59. The fourth-order valence-electron chi connectivity index (χ4n) is 1.32. The molecule has 0 aliphatic heterocycles. The Morgan fingerprint density at radius 2 is 0.654 bits per heavy atom. The SMILES string of the molecule is [CH2-]C(C)=CCC/C=C(\[CH2-])C.[CH2-]C(C)=CCC/C=C(\[CH2-])C.[Cl][Ru+2][Cl].[Cl][Ru+2][Cl]. The molecule has 0 aromatic rings. The van der Waals surface area contributed by atoms with Gasteiger partial charge in [0.25, 0.3) is 0 Å². The maximum atomic E-state index is 4.85. The molecule has 0 rings (SSSR count). The molecule has 0 amide bonds. The van der Waals surface area contributed by atoms with Gasteiger partial charge in [-0.1, -0.05) is 27.7 Å². The first-order valence-electron chi connectivity index (χ1n) is 7.74. The Morgan fingerprint density at radius 1 is 0.538 bits per heavy atom. The van der Waals surface area contributed by atoms with Crippen LogP contribution in [0.25, 0.3) is 0 Å². The van der Waals surface area contributed by atoms with Gasteiger partial charge in [-0.3, -0.25) is 0 Å². The molecule has 156 valence electrons. The maximum absolute atomic E-state index is 4.85. The number of halogens is 4. The number of rotatable bonds is 6. The molecule has 0 spiro atoms. The van der Waals surface area contributed by atoms with E-state index in [1.165, 1.54) is 0 Å². The van der Waals surface area contributed by atoms with Crippen molar-refractivity contribution in [3.8, 4) is 0 Å². The van der Waals surface area contributed by atoms with Gasteiger partial charge in [-0.2, -0.15) is 0 Å². The van der Waals surface area contributed by atoms with Crippen LogP contribution >= 0.6 is 38.8 Å². The van der Waals surface area contributed by atoms with Crippen molar-refractivity contribution in [2.75, 3.05) is 0 Å². The van der Waals surface area contributed by atoms with Crippen molar-refractivity contribution in [1.29, 1.82) is 0 Å². The van der Waals surface area contributed by atoms with E-state index in [0.29, 0.717) is 0 Å². The van der Waals surface area contributed by atoms with Crippen molar-refractivity contribution >= 4 is 38.8 Å². The van der Waals surface area contributed by atoms with Crippen LogP contribution in [-0.2, 0) is 30.3 Å². The van der Waals surface area contributed by atoms with Gasteiger partial charge < -0.3 is 0 Å². The molecule has 0 bridgehead atoms. The topological polar surface area (TPSA) is 0 Å². The molecule has 0 fully saturated rings. The number of hydrogen-bond acceptors (Lipinski definition) is 0. The summed E-state index contributed by atoms with van der Waals surface area (Å²) in [5.74, 6) is 0. The van der Waals surface area contributed by atoms with Gasteiger partial charge in [0.1, 0.15) is 0 Å². The summed E-state index contributed by atoms with van der Waals surface area (Å²) < 4.78 is 0. The van der Waals surface area contributed by atoms with E-state index < -0.39 is 0 Å². The van der Waals surface area contributed by atoms with E-state index in [-0.39, 0.29) is 30.3 Å². The molecule has 0 saturated carbocycles. The molecule has 26 heavy (non-hydrogen) atoms. The summed E-state index contributed by atoms with van der Waals surface area (Å²) in [7, 11) is 19.4. The van der Waals surface area contributed by atoms with Gasteiger partial charge in [0.15, 0.2) is 0 Å². The summed E-state index contributed by atoms with van der Waals surface area (Å²) >= 11 is -0.691. The van der Waals surface area contributed by atoms with E-state index in [0.717, 1.165) is 48.0 Å². The van der Waals surface area contributed by atoms with Gasteiger partial charge in [-0.15, -0.1) is 25.7 Å². The van der Waals surface area contributed by atoms with E-state index in [9.17, 15) is 0 Å². The molecule has 0 atom stereocenters. The van der Waals surface area contributed by atoms with Gasteiger partial charge in [0.2, 0.25) is 0 Å². The van der Waals surface area contributed by atoms with E-state index in [1.54, 1.807) is 0 Å². The van der Waals surface area contributed by atoms with Gasteiger partial charge in [0.05, 0.1) is 0 Å². The Labute approximate surface area is 195 Å². The Kier molecular flexibility index (Phi) is 40.4. The molecule has 0 saturated heterocycles. The van der Waals surface area contributed by atoms with Crippen LogP contribution in [0.15, 0.2) is 46.6 Å². The fourth-order valence-corrected chi connectivity index (χ4v) is 1.32. The van der Waals surface area contributed by atoms with Crippen LogP contribution in [0.5, 0.6) is 0 Å². The first-order valence-corrected chi connectivity index (χ1v) is 16.7. The first kappa shape index (κ1) is 34.4. The fraction of sp³-hybridized carbons (Fsp3) is 0.400. The summed E-state index contributed by atoms with van der Waals surface area (Å²) in [6, 6.07) is 0.